The molecule has 0 aliphatic heterocycles. The molecule has 0 atom stereocenters. The predicted octanol–water partition coefficient (Wildman–Crippen LogP) is 1.04. The topological polar surface area (TPSA) is 80.5 Å². The summed E-state index contributed by atoms with van der Waals surface area (Å²) in [6, 6.07) is 1.86. The van der Waals surface area contributed by atoms with Crippen molar-refractivity contribution < 1.29 is 30.8 Å². The van der Waals surface area contributed by atoms with Gasteiger partial charge in [-0.15, -0.1) is 0 Å². The third-order valence-corrected chi connectivity index (χ3v) is 3.84. The minimum absolute atomic E-state index is 0.246. The number of rotatable bonds is 4. The molecule has 0 bridgehead atoms. The molecular formula is C10H10F4N2O3S. The van der Waals surface area contributed by atoms with Crippen LogP contribution in [-0.2, 0) is 14.6 Å². The van der Waals surface area contributed by atoms with Crippen molar-refractivity contribution in [2.75, 3.05) is 18.5 Å². The van der Waals surface area contributed by atoms with Gasteiger partial charge in [-0.05, 0) is 18.2 Å². The van der Waals surface area contributed by atoms with Crippen molar-refractivity contribution in [3.63, 3.8) is 0 Å². The van der Waals surface area contributed by atoms with Crippen molar-refractivity contribution in [3.8, 4) is 0 Å². The Labute approximate surface area is 111 Å². The highest BCUT2D eigenvalue weighted by Gasteiger charge is 2.48. The number of nitrogens with two attached hydrogens (primary N) is 1. The molecule has 0 saturated heterocycles. The van der Waals surface area contributed by atoms with Crippen LogP contribution < -0.4 is 10.6 Å². The molecule has 112 valence electrons. The summed E-state index contributed by atoms with van der Waals surface area (Å²) in [7, 11) is -4.58. The maximum absolute atomic E-state index is 13.0. The smallest absolute Gasteiger partial charge is 0.368 e. The summed E-state index contributed by atoms with van der Waals surface area (Å²) in [5, 5.41) is 0. The number of halogens is 4. The molecule has 0 radical (unpaired) electrons. The molecule has 1 amide bonds. The SMILES string of the molecule is CN(CC(N)=O)c1ccc(F)cc1S(=O)(=O)C(F)(F)F. The Morgan fingerprint density at radius 2 is 1.90 bits per heavy atom. The molecule has 1 aromatic rings. The Hall–Kier alpha value is -1.84. The van der Waals surface area contributed by atoms with Crippen LogP contribution in [-0.4, -0.2) is 33.4 Å². The second-order valence-electron chi connectivity index (χ2n) is 3.88. The Kier molecular flexibility index (Phi) is 4.27. The fourth-order valence-corrected chi connectivity index (χ4v) is 2.48. The van der Waals surface area contributed by atoms with Gasteiger partial charge in [-0.1, -0.05) is 0 Å². The Bertz CT molecular complexity index is 628. The minimum atomic E-state index is -5.74. The summed E-state index contributed by atoms with van der Waals surface area (Å²) in [5.74, 6) is -2.03. The maximum atomic E-state index is 13.0. The molecular weight excluding hydrogens is 304 g/mol. The molecule has 0 heterocycles. The van der Waals surface area contributed by atoms with E-state index in [1.807, 2.05) is 0 Å². The number of hydrogen-bond acceptors (Lipinski definition) is 4. The van der Waals surface area contributed by atoms with Gasteiger partial charge in [0.25, 0.3) is 9.84 Å². The van der Waals surface area contributed by atoms with Crippen LogP contribution in [0.5, 0.6) is 0 Å². The molecule has 0 saturated carbocycles. The highest BCUT2D eigenvalue weighted by Crippen LogP contribution is 2.35. The molecule has 0 aliphatic rings. The molecule has 5 nitrogen and oxygen atoms in total. The van der Waals surface area contributed by atoms with Crippen molar-refractivity contribution in [3.05, 3.63) is 24.0 Å². The van der Waals surface area contributed by atoms with Crippen LogP contribution in [0.3, 0.4) is 0 Å². The fraction of sp³-hybridized carbons (Fsp3) is 0.300. The Morgan fingerprint density at radius 3 is 2.35 bits per heavy atom. The number of anilines is 1. The average molecular weight is 314 g/mol. The number of alkyl halides is 3. The van der Waals surface area contributed by atoms with Gasteiger partial charge in [-0.3, -0.25) is 4.79 Å². The largest absolute Gasteiger partial charge is 0.501 e. The van der Waals surface area contributed by atoms with E-state index in [1.54, 1.807) is 0 Å². The number of carbonyl (C=O) groups excluding carboxylic acids is 1. The van der Waals surface area contributed by atoms with E-state index in [4.69, 9.17) is 5.73 Å². The van der Waals surface area contributed by atoms with E-state index in [0.717, 1.165) is 24.1 Å². The van der Waals surface area contributed by atoms with Crippen molar-refractivity contribution in [2.24, 2.45) is 5.73 Å². The molecule has 0 aromatic heterocycles. The Balaban J connectivity index is 3.47. The van der Waals surface area contributed by atoms with E-state index >= 15 is 0 Å². The molecule has 0 spiro atoms. The number of primary amides is 1. The first-order chi connectivity index (χ1) is 8.96. The number of carbonyl (C=O) groups is 1. The van der Waals surface area contributed by atoms with Crippen LogP contribution in [0.2, 0.25) is 0 Å². The number of amides is 1. The second-order valence-corrected chi connectivity index (χ2v) is 5.79. The van der Waals surface area contributed by atoms with Gasteiger partial charge < -0.3 is 10.6 Å². The standard InChI is InChI=1S/C10H10F4N2O3S/c1-16(5-9(15)17)7-3-2-6(11)4-8(7)20(18,19)10(12,13)14/h2-4H,5H2,1H3,(H2,15,17). The lowest BCUT2D eigenvalue weighted by Crippen LogP contribution is -2.32. The van der Waals surface area contributed by atoms with Crippen LogP contribution in [0.4, 0.5) is 23.2 Å². The van der Waals surface area contributed by atoms with Crippen LogP contribution in [0, 0.1) is 5.82 Å². The zero-order chi connectivity index (χ0) is 15.7. The molecule has 2 N–H and O–H groups in total. The number of nitrogens with zero attached hydrogens (tertiary/aromatic N) is 1. The van der Waals surface area contributed by atoms with E-state index in [-0.39, 0.29) is 6.07 Å². The second kappa shape index (κ2) is 5.27. The third-order valence-electron chi connectivity index (χ3n) is 2.32. The first-order valence-corrected chi connectivity index (χ1v) is 6.55. The Morgan fingerprint density at radius 1 is 1.35 bits per heavy atom. The summed E-state index contributed by atoms with van der Waals surface area (Å²) in [5.41, 5.74) is -1.17. The first-order valence-electron chi connectivity index (χ1n) is 5.07. The highest BCUT2D eigenvalue weighted by atomic mass is 32.2. The molecule has 1 rings (SSSR count). The normalized spacial score (nSPS) is 12.2. The number of sulfone groups is 1. The lowest BCUT2D eigenvalue weighted by Gasteiger charge is -2.21. The number of hydrogen-bond donors (Lipinski definition) is 1. The third kappa shape index (κ3) is 3.18. The summed E-state index contributed by atoms with van der Waals surface area (Å²) in [6.07, 6.45) is 0. The van der Waals surface area contributed by atoms with Crippen LogP contribution in [0.25, 0.3) is 0 Å². The van der Waals surface area contributed by atoms with Gasteiger partial charge >= 0.3 is 5.51 Å². The van der Waals surface area contributed by atoms with Gasteiger partial charge in [-0.2, -0.15) is 13.2 Å². The van der Waals surface area contributed by atoms with Gasteiger partial charge in [-0.25, -0.2) is 12.8 Å². The summed E-state index contributed by atoms with van der Waals surface area (Å²) in [6.45, 7) is -0.522. The number of likely N-dealkylation sites (N-methyl/N-ethyl adjacent to an activating group) is 1. The van der Waals surface area contributed by atoms with Crippen molar-refractivity contribution in [2.45, 2.75) is 10.4 Å². The van der Waals surface area contributed by atoms with Gasteiger partial charge in [0.05, 0.1) is 12.2 Å². The number of benzene rings is 1. The quantitative estimate of drug-likeness (QED) is 0.842. The zero-order valence-corrected chi connectivity index (χ0v) is 10.9. The minimum Gasteiger partial charge on any atom is -0.368 e. The average Bonchev–Trinajstić information content (AvgIpc) is 2.26. The monoisotopic (exact) mass is 314 g/mol. The first kappa shape index (κ1) is 16.2. The molecule has 1 aromatic carbocycles. The molecule has 10 heteroatoms. The summed E-state index contributed by atoms with van der Waals surface area (Å²) >= 11 is 0. The highest BCUT2D eigenvalue weighted by molar-refractivity contribution is 7.92. The lowest BCUT2D eigenvalue weighted by molar-refractivity contribution is -0.116. The van der Waals surface area contributed by atoms with Crippen molar-refractivity contribution in [1.82, 2.24) is 0 Å². The van der Waals surface area contributed by atoms with Gasteiger partial charge in [0.1, 0.15) is 10.7 Å². The molecule has 20 heavy (non-hydrogen) atoms. The van der Waals surface area contributed by atoms with Crippen molar-refractivity contribution >= 4 is 21.4 Å². The summed E-state index contributed by atoms with van der Waals surface area (Å²) < 4.78 is 73.4. The van der Waals surface area contributed by atoms with E-state index in [1.165, 1.54) is 0 Å². The van der Waals surface area contributed by atoms with E-state index in [0.29, 0.717) is 0 Å². The maximum Gasteiger partial charge on any atom is 0.501 e. The van der Waals surface area contributed by atoms with Crippen LogP contribution in [0.15, 0.2) is 23.1 Å². The molecule has 0 unspecified atom stereocenters. The molecule has 0 fully saturated rings. The van der Waals surface area contributed by atoms with E-state index in [9.17, 15) is 30.8 Å². The van der Waals surface area contributed by atoms with E-state index in [2.05, 4.69) is 0 Å². The lowest BCUT2D eigenvalue weighted by atomic mass is 10.3. The van der Waals surface area contributed by atoms with Gasteiger partial charge in [0, 0.05) is 7.05 Å². The fourth-order valence-electron chi connectivity index (χ4n) is 1.46. The van der Waals surface area contributed by atoms with Gasteiger partial charge in [0.15, 0.2) is 0 Å². The predicted molar refractivity (Wildman–Crippen MR) is 62.1 cm³/mol. The zero-order valence-electron chi connectivity index (χ0n) is 10.1. The van der Waals surface area contributed by atoms with Gasteiger partial charge in [0.2, 0.25) is 5.91 Å². The van der Waals surface area contributed by atoms with Crippen LogP contribution >= 0.6 is 0 Å². The van der Waals surface area contributed by atoms with Crippen molar-refractivity contribution in [1.29, 1.82) is 0 Å². The van der Waals surface area contributed by atoms with Crippen LogP contribution in [0.1, 0.15) is 0 Å². The summed E-state index contributed by atoms with van der Waals surface area (Å²) in [4.78, 5) is 10.4. The molecule has 0 aliphatic carbocycles. The van der Waals surface area contributed by atoms with E-state index < -0.39 is 44.2 Å².